The van der Waals surface area contributed by atoms with Crippen LogP contribution in [0, 0.1) is 0 Å². The Kier molecular flexibility index (Phi) is 3.92. The predicted molar refractivity (Wildman–Crippen MR) is 85.7 cm³/mol. The molecule has 1 heterocycles. The molecule has 1 aliphatic rings. The van der Waals surface area contributed by atoms with E-state index in [4.69, 9.17) is 0 Å². The van der Waals surface area contributed by atoms with Gasteiger partial charge in [-0.1, -0.05) is 60.7 Å². The normalized spacial score (nSPS) is 14.9. The Morgan fingerprint density at radius 3 is 2.24 bits per heavy atom. The highest BCUT2D eigenvalue weighted by Gasteiger charge is 2.08. The summed E-state index contributed by atoms with van der Waals surface area (Å²) in [5.41, 5.74) is 6.94. The quantitative estimate of drug-likeness (QED) is 0.913. The molecule has 3 rings (SSSR count). The number of nitrogens with zero attached hydrogens (tertiary/aromatic N) is 1. The molecule has 0 radical (unpaired) electrons. The predicted octanol–water partition coefficient (Wildman–Crippen LogP) is 3.63. The second-order valence-electron chi connectivity index (χ2n) is 4.96. The van der Waals surface area contributed by atoms with E-state index in [9.17, 15) is 4.79 Å². The number of rotatable bonds is 3. The fourth-order valence-electron chi connectivity index (χ4n) is 2.22. The number of hydrazone groups is 1. The maximum atomic E-state index is 11.0. The molecule has 1 aliphatic heterocycles. The number of benzene rings is 2. The highest BCUT2D eigenvalue weighted by Crippen LogP contribution is 2.19. The zero-order chi connectivity index (χ0) is 14.5. The summed E-state index contributed by atoms with van der Waals surface area (Å²) in [6, 6.07) is 18.7. The van der Waals surface area contributed by atoms with Crippen LogP contribution < -0.4 is 5.43 Å². The first-order valence-corrected chi connectivity index (χ1v) is 7.00. The molecule has 1 N–H and O–H groups in total. The molecular formula is C18H16N2O. The minimum absolute atomic E-state index is 0.0145. The van der Waals surface area contributed by atoms with Crippen LogP contribution in [0.15, 0.2) is 65.8 Å². The first kappa shape index (κ1) is 13.3. The zero-order valence-corrected chi connectivity index (χ0v) is 11.6. The molecule has 2 aromatic carbocycles. The van der Waals surface area contributed by atoms with Gasteiger partial charge in [-0.05, 0) is 22.8 Å². The maximum absolute atomic E-state index is 11.0. The molecule has 2 aromatic rings. The molecule has 0 saturated carbocycles. The van der Waals surface area contributed by atoms with Gasteiger partial charge in [-0.2, -0.15) is 5.10 Å². The van der Waals surface area contributed by atoms with E-state index in [-0.39, 0.29) is 5.91 Å². The van der Waals surface area contributed by atoms with Gasteiger partial charge in [0.2, 0.25) is 5.91 Å². The second kappa shape index (κ2) is 6.18. The van der Waals surface area contributed by atoms with Crippen LogP contribution in [0.3, 0.4) is 0 Å². The van der Waals surface area contributed by atoms with Crippen molar-refractivity contribution in [2.45, 2.75) is 12.8 Å². The highest BCUT2D eigenvalue weighted by atomic mass is 16.2. The van der Waals surface area contributed by atoms with E-state index < -0.39 is 0 Å². The number of hydrogen-bond acceptors (Lipinski definition) is 2. The lowest BCUT2D eigenvalue weighted by molar-refractivity contribution is -0.121. The van der Waals surface area contributed by atoms with Crippen LogP contribution in [-0.2, 0) is 4.79 Å². The fourth-order valence-corrected chi connectivity index (χ4v) is 2.22. The van der Waals surface area contributed by atoms with E-state index in [1.165, 1.54) is 11.1 Å². The van der Waals surface area contributed by atoms with Crippen molar-refractivity contribution >= 4 is 17.7 Å². The van der Waals surface area contributed by atoms with E-state index in [0.717, 1.165) is 11.3 Å². The number of carbonyl (C=O) groups is 1. The van der Waals surface area contributed by atoms with Gasteiger partial charge in [-0.15, -0.1) is 0 Å². The average Bonchev–Trinajstić information content (AvgIpc) is 2.56. The van der Waals surface area contributed by atoms with Crippen molar-refractivity contribution in [3.63, 3.8) is 0 Å². The Bertz CT molecular complexity index is 685. The van der Waals surface area contributed by atoms with Crippen molar-refractivity contribution < 1.29 is 4.79 Å². The van der Waals surface area contributed by atoms with Crippen molar-refractivity contribution in [2.75, 3.05) is 0 Å². The van der Waals surface area contributed by atoms with Gasteiger partial charge < -0.3 is 0 Å². The molecule has 0 fully saturated rings. The molecular weight excluding hydrogens is 260 g/mol. The molecule has 0 spiro atoms. The minimum Gasteiger partial charge on any atom is -0.273 e. The highest BCUT2D eigenvalue weighted by molar-refractivity contribution is 6.02. The SMILES string of the molecule is O=C1CCC(/C=C/c2ccc(-c3ccccc3)cc2)=NN1. The van der Waals surface area contributed by atoms with Crippen LogP contribution in [-0.4, -0.2) is 11.6 Å². The molecule has 21 heavy (non-hydrogen) atoms. The van der Waals surface area contributed by atoms with E-state index in [2.05, 4.69) is 46.9 Å². The lowest BCUT2D eigenvalue weighted by Gasteiger charge is -2.08. The Balaban J connectivity index is 1.72. The molecule has 0 bridgehead atoms. The van der Waals surface area contributed by atoms with Gasteiger partial charge in [0.05, 0.1) is 5.71 Å². The number of nitrogens with one attached hydrogen (secondary N) is 1. The number of hydrogen-bond donors (Lipinski definition) is 1. The third-order valence-corrected chi connectivity index (χ3v) is 3.42. The van der Waals surface area contributed by atoms with Gasteiger partial charge in [-0.3, -0.25) is 4.79 Å². The molecule has 3 nitrogen and oxygen atoms in total. The van der Waals surface area contributed by atoms with Crippen molar-refractivity contribution in [1.29, 1.82) is 0 Å². The van der Waals surface area contributed by atoms with Gasteiger partial charge in [0.25, 0.3) is 0 Å². The Labute approximate surface area is 124 Å². The fraction of sp³-hybridized carbons (Fsp3) is 0.111. The third kappa shape index (κ3) is 3.45. The summed E-state index contributed by atoms with van der Waals surface area (Å²) in [7, 11) is 0. The summed E-state index contributed by atoms with van der Waals surface area (Å²) in [5.74, 6) is -0.0145. The molecule has 104 valence electrons. The minimum atomic E-state index is -0.0145. The Hall–Kier alpha value is -2.68. The lowest BCUT2D eigenvalue weighted by atomic mass is 10.0. The van der Waals surface area contributed by atoms with Crippen LogP contribution >= 0.6 is 0 Å². The standard InChI is InChI=1S/C18H16N2O/c21-18-13-12-17(19-20-18)11-8-14-6-9-16(10-7-14)15-4-2-1-3-5-15/h1-11H,12-13H2,(H,20,21)/b11-8+. The summed E-state index contributed by atoms with van der Waals surface area (Å²) < 4.78 is 0. The van der Waals surface area contributed by atoms with Crippen molar-refractivity contribution in [3.05, 3.63) is 66.2 Å². The van der Waals surface area contributed by atoms with E-state index in [1.54, 1.807) is 0 Å². The number of amides is 1. The third-order valence-electron chi connectivity index (χ3n) is 3.42. The average molecular weight is 276 g/mol. The maximum Gasteiger partial charge on any atom is 0.240 e. The van der Waals surface area contributed by atoms with Gasteiger partial charge in [0, 0.05) is 12.8 Å². The Morgan fingerprint density at radius 1 is 0.857 bits per heavy atom. The monoisotopic (exact) mass is 276 g/mol. The smallest absolute Gasteiger partial charge is 0.240 e. The number of carbonyl (C=O) groups excluding carboxylic acids is 1. The summed E-state index contributed by atoms with van der Waals surface area (Å²) >= 11 is 0. The first-order chi connectivity index (χ1) is 10.3. The number of allylic oxidation sites excluding steroid dienone is 1. The molecule has 0 aliphatic carbocycles. The van der Waals surface area contributed by atoms with Gasteiger partial charge in [-0.25, -0.2) is 5.43 Å². The lowest BCUT2D eigenvalue weighted by Crippen LogP contribution is -2.24. The molecule has 0 saturated heterocycles. The molecule has 3 heteroatoms. The topological polar surface area (TPSA) is 41.5 Å². The summed E-state index contributed by atoms with van der Waals surface area (Å²) in [4.78, 5) is 11.0. The van der Waals surface area contributed by atoms with Gasteiger partial charge >= 0.3 is 0 Å². The first-order valence-electron chi connectivity index (χ1n) is 7.00. The van der Waals surface area contributed by atoms with E-state index in [1.807, 2.05) is 30.4 Å². The van der Waals surface area contributed by atoms with Crippen molar-refractivity contribution in [2.24, 2.45) is 5.10 Å². The van der Waals surface area contributed by atoms with Crippen LogP contribution in [0.4, 0.5) is 0 Å². The van der Waals surface area contributed by atoms with Gasteiger partial charge in [0.15, 0.2) is 0 Å². The van der Waals surface area contributed by atoms with E-state index in [0.29, 0.717) is 12.8 Å². The second-order valence-corrected chi connectivity index (χ2v) is 4.96. The van der Waals surface area contributed by atoms with Crippen molar-refractivity contribution in [3.8, 4) is 11.1 Å². The molecule has 0 atom stereocenters. The zero-order valence-electron chi connectivity index (χ0n) is 11.6. The summed E-state index contributed by atoms with van der Waals surface area (Å²) in [5, 5.41) is 4.02. The van der Waals surface area contributed by atoms with Crippen molar-refractivity contribution in [1.82, 2.24) is 5.43 Å². The van der Waals surface area contributed by atoms with Crippen LogP contribution in [0.2, 0.25) is 0 Å². The Morgan fingerprint density at radius 2 is 1.57 bits per heavy atom. The largest absolute Gasteiger partial charge is 0.273 e. The van der Waals surface area contributed by atoms with E-state index >= 15 is 0 Å². The molecule has 0 unspecified atom stereocenters. The summed E-state index contributed by atoms with van der Waals surface area (Å²) in [6.45, 7) is 0. The van der Waals surface area contributed by atoms with Gasteiger partial charge in [0.1, 0.15) is 0 Å². The summed E-state index contributed by atoms with van der Waals surface area (Å²) in [6.07, 6.45) is 5.18. The van der Waals surface area contributed by atoms with Crippen LogP contribution in [0.5, 0.6) is 0 Å². The molecule has 1 amide bonds. The molecule has 0 aromatic heterocycles. The van der Waals surface area contributed by atoms with Crippen LogP contribution in [0.1, 0.15) is 18.4 Å². The van der Waals surface area contributed by atoms with Crippen LogP contribution in [0.25, 0.3) is 17.2 Å².